The van der Waals surface area contributed by atoms with Crippen molar-refractivity contribution in [1.29, 1.82) is 0 Å². The molecular formula is C29H34ClN3O5S. The first-order valence-corrected chi connectivity index (χ1v) is 14.5. The quantitative estimate of drug-likeness (QED) is 0.337. The number of hydrogen-bond donors (Lipinski definition) is 1. The van der Waals surface area contributed by atoms with Gasteiger partial charge in [-0.15, -0.1) is 0 Å². The molecule has 1 atom stereocenters. The zero-order chi connectivity index (χ0) is 28.6. The van der Waals surface area contributed by atoms with Crippen LogP contribution < -0.4 is 14.4 Å². The summed E-state index contributed by atoms with van der Waals surface area (Å²) in [6.45, 7) is 7.46. The second kappa shape index (κ2) is 13.5. The maximum atomic E-state index is 13.9. The van der Waals surface area contributed by atoms with Crippen LogP contribution in [-0.4, -0.2) is 50.9 Å². The van der Waals surface area contributed by atoms with E-state index in [1.807, 2.05) is 13.8 Å². The van der Waals surface area contributed by atoms with Crippen LogP contribution >= 0.6 is 11.6 Å². The van der Waals surface area contributed by atoms with Gasteiger partial charge in [-0.25, -0.2) is 8.42 Å². The van der Waals surface area contributed by atoms with Gasteiger partial charge in [0.2, 0.25) is 11.8 Å². The van der Waals surface area contributed by atoms with E-state index in [-0.39, 0.29) is 17.3 Å². The number of ether oxygens (including phenoxy) is 1. The Kier molecular flexibility index (Phi) is 10.4. The van der Waals surface area contributed by atoms with Gasteiger partial charge in [0.15, 0.2) is 0 Å². The summed E-state index contributed by atoms with van der Waals surface area (Å²) in [5.41, 5.74) is 1.90. The van der Waals surface area contributed by atoms with E-state index in [9.17, 15) is 18.0 Å². The van der Waals surface area contributed by atoms with Crippen molar-refractivity contribution in [2.45, 2.75) is 45.2 Å². The van der Waals surface area contributed by atoms with Crippen LogP contribution in [0, 0.1) is 6.92 Å². The second-order valence-electron chi connectivity index (χ2n) is 8.94. The number of carbonyl (C=O) groups is 2. The Morgan fingerprint density at radius 1 is 0.974 bits per heavy atom. The molecule has 0 saturated heterocycles. The molecule has 39 heavy (non-hydrogen) atoms. The van der Waals surface area contributed by atoms with E-state index in [1.165, 1.54) is 17.0 Å². The minimum Gasteiger partial charge on any atom is -0.494 e. The fourth-order valence-corrected chi connectivity index (χ4v) is 5.57. The van der Waals surface area contributed by atoms with Gasteiger partial charge in [0.25, 0.3) is 10.0 Å². The number of nitrogens with zero attached hydrogens (tertiary/aromatic N) is 2. The zero-order valence-corrected chi connectivity index (χ0v) is 24.1. The normalized spacial score (nSPS) is 11.9. The second-order valence-corrected chi connectivity index (χ2v) is 11.2. The van der Waals surface area contributed by atoms with E-state index in [0.29, 0.717) is 35.2 Å². The van der Waals surface area contributed by atoms with Gasteiger partial charge in [-0.2, -0.15) is 0 Å². The summed E-state index contributed by atoms with van der Waals surface area (Å²) >= 11 is 6.37. The summed E-state index contributed by atoms with van der Waals surface area (Å²) in [6, 6.07) is 19.1. The maximum Gasteiger partial charge on any atom is 0.264 e. The van der Waals surface area contributed by atoms with Gasteiger partial charge in [0, 0.05) is 18.1 Å². The molecule has 208 valence electrons. The Morgan fingerprint density at radius 3 is 2.21 bits per heavy atom. The lowest BCUT2D eigenvalue weighted by molar-refractivity contribution is -0.139. The van der Waals surface area contributed by atoms with Crippen molar-refractivity contribution in [2.24, 2.45) is 0 Å². The fourth-order valence-electron chi connectivity index (χ4n) is 3.96. The van der Waals surface area contributed by atoms with Crippen LogP contribution in [0.2, 0.25) is 5.02 Å². The third-order valence-electron chi connectivity index (χ3n) is 6.14. The highest BCUT2D eigenvalue weighted by atomic mass is 35.5. The molecule has 0 aliphatic heterocycles. The number of rotatable bonds is 12. The monoisotopic (exact) mass is 571 g/mol. The van der Waals surface area contributed by atoms with Crippen LogP contribution in [-0.2, 0) is 26.2 Å². The summed E-state index contributed by atoms with van der Waals surface area (Å²) in [7, 11) is -4.16. The molecule has 10 heteroatoms. The summed E-state index contributed by atoms with van der Waals surface area (Å²) in [6.07, 6.45) is 0. The van der Waals surface area contributed by atoms with Crippen molar-refractivity contribution in [1.82, 2.24) is 10.2 Å². The smallest absolute Gasteiger partial charge is 0.264 e. The SMILES string of the molecule is CCNC(=O)[C@H](C)N(Cc1ccccc1Cl)C(=O)CN(c1ccc(C)cc1)S(=O)(=O)c1ccc(OCC)cc1. The van der Waals surface area contributed by atoms with E-state index >= 15 is 0 Å². The molecule has 0 bridgehead atoms. The average molecular weight is 572 g/mol. The zero-order valence-electron chi connectivity index (χ0n) is 22.6. The van der Waals surface area contributed by atoms with E-state index in [1.54, 1.807) is 74.5 Å². The number of sulfonamides is 1. The number of amides is 2. The highest BCUT2D eigenvalue weighted by Gasteiger charge is 2.32. The molecule has 0 saturated carbocycles. The lowest BCUT2D eigenvalue weighted by Gasteiger charge is -2.32. The number of halogens is 1. The maximum absolute atomic E-state index is 13.9. The van der Waals surface area contributed by atoms with Crippen LogP contribution in [0.1, 0.15) is 31.9 Å². The molecule has 8 nitrogen and oxygen atoms in total. The summed E-state index contributed by atoms with van der Waals surface area (Å²) in [5, 5.41) is 3.17. The first kappa shape index (κ1) is 30.0. The Morgan fingerprint density at radius 2 is 1.62 bits per heavy atom. The highest BCUT2D eigenvalue weighted by molar-refractivity contribution is 7.92. The molecule has 0 spiro atoms. The van der Waals surface area contributed by atoms with Crippen LogP contribution in [0.5, 0.6) is 5.75 Å². The molecule has 1 N–H and O–H groups in total. The molecule has 0 fully saturated rings. The van der Waals surface area contributed by atoms with Gasteiger partial charge in [0.05, 0.1) is 17.2 Å². The van der Waals surface area contributed by atoms with Crippen molar-refractivity contribution >= 4 is 39.1 Å². The number of hydrogen-bond acceptors (Lipinski definition) is 5. The number of anilines is 1. The molecule has 0 aliphatic carbocycles. The standard InChI is InChI=1S/C29H34ClN3O5S/c1-5-31-29(35)22(4)32(19-23-9-7-8-10-27(23)30)28(34)20-33(24-13-11-21(3)12-14-24)39(36,37)26-17-15-25(16-18-26)38-6-2/h7-18,22H,5-6,19-20H2,1-4H3,(H,31,35)/t22-/m0/s1. The van der Waals surface area contributed by atoms with Crippen LogP contribution in [0.15, 0.2) is 77.7 Å². The number of benzene rings is 3. The van der Waals surface area contributed by atoms with Gasteiger partial charge in [-0.1, -0.05) is 47.5 Å². The Hall–Kier alpha value is -3.56. The topological polar surface area (TPSA) is 96.0 Å². The molecule has 0 aromatic heterocycles. The minimum absolute atomic E-state index is 0.00811. The molecule has 0 aliphatic rings. The van der Waals surface area contributed by atoms with Gasteiger partial charge >= 0.3 is 0 Å². The van der Waals surface area contributed by atoms with Crippen LogP contribution in [0.4, 0.5) is 5.69 Å². The Balaban J connectivity index is 2.02. The third kappa shape index (κ3) is 7.52. The first-order chi connectivity index (χ1) is 18.6. The Labute approximate surface area is 235 Å². The van der Waals surface area contributed by atoms with E-state index < -0.39 is 28.5 Å². The van der Waals surface area contributed by atoms with Crippen molar-refractivity contribution in [3.8, 4) is 5.75 Å². The molecule has 0 unspecified atom stereocenters. The molecular weight excluding hydrogens is 538 g/mol. The third-order valence-corrected chi connectivity index (χ3v) is 8.30. The lowest BCUT2D eigenvalue weighted by atomic mass is 10.1. The molecule has 3 aromatic carbocycles. The van der Waals surface area contributed by atoms with Crippen molar-refractivity contribution in [3.63, 3.8) is 0 Å². The summed E-state index contributed by atoms with van der Waals surface area (Å²) in [5.74, 6) is -0.367. The largest absolute Gasteiger partial charge is 0.494 e. The van der Waals surface area contributed by atoms with Crippen LogP contribution in [0.25, 0.3) is 0 Å². The van der Waals surface area contributed by atoms with E-state index in [0.717, 1.165) is 9.87 Å². The molecule has 0 heterocycles. The molecule has 3 rings (SSSR count). The highest BCUT2D eigenvalue weighted by Crippen LogP contribution is 2.27. The number of aryl methyl sites for hydroxylation is 1. The molecule has 3 aromatic rings. The van der Waals surface area contributed by atoms with Gasteiger partial charge in [0.1, 0.15) is 18.3 Å². The predicted octanol–water partition coefficient (Wildman–Crippen LogP) is 4.80. The lowest BCUT2D eigenvalue weighted by Crippen LogP contribution is -2.51. The number of carbonyl (C=O) groups excluding carboxylic acids is 2. The van der Waals surface area contributed by atoms with Crippen molar-refractivity contribution in [3.05, 3.63) is 88.9 Å². The predicted molar refractivity (Wildman–Crippen MR) is 153 cm³/mol. The van der Waals surface area contributed by atoms with Crippen molar-refractivity contribution < 1.29 is 22.7 Å². The average Bonchev–Trinajstić information content (AvgIpc) is 2.92. The Bertz CT molecular complexity index is 1380. The molecule has 2 amide bonds. The van der Waals surface area contributed by atoms with E-state index in [4.69, 9.17) is 16.3 Å². The summed E-state index contributed by atoms with van der Waals surface area (Å²) in [4.78, 5) is 28.0. The minimum atomic E-state index is -4.16. The number of likely N-dealkylation sites (N-methyl/N-ethyl adjacent to an activating group) is 1. The van der Waals surface area contributed by atoms with Gasteiger partial charge < -0.3 is 15.0 Å². The van der Waals surface area contributed by atoms with Gasteiger partial charge in [-0.05, 0) is 75.7 Å². The summed E-state index contributed by atoms with van der Waals surface area (Å²) < 4.78 is 34.3. The van der Waals surface area contributed by atoms with E-state index in [2.05, 4.69) is 5.32 Å². The number of nitrogens with one attached hydrogen (secondary N) is 1. The van der Waals surface area contributed by atoms with Gasteiger partial charge in [-0.3, -0.25) is 13.9 Å². The van der Waals surface area contributed by atoms with Crippen molar-refractivity contribution in [2.75, 3.05) is 24.0 Å². The van der Waals surface area contributed by atoms with Crippen LogP contribution in [0.3, 0.4) is 0 Å². The first-order valence-electron chi connectivity index (χ1n) is 12.7. The molecule has 0 radical (unpaired) electrons. The fraction of sp³-hybridized carbons (Fsp3) is 0.310.